The van der Waals surface area contributed by atoms with Gasteiger partial charge >= 0.3 is 0 Å². The highest BCUT2D eigenvalue weighted by atomic mass is 16.2. The summed E-state index contributed by atoms with van der Waals surface area (Å²) in [6, 6.07) is 5.89. The summed E-state index contributed by atoms with van der Waals surface area (Å²) >= 11 is 0. The Bertz CT molecular complexity index is 660. The number of amides is 1. The van der Waals surface area contributed by atoms with Crippen molar-refractivity contribution in [3.63, 3.8) is 0 Å². The predicted molar refractivity (Wildman–Crippen MR) is 76.8 cm³/mol. The summed E-state index contributed by atoms with van der Waals surface area (Å²) < 4.78 is 1.93. The molecule has 0 fully saturated rings. The van der Waals surface area contributed by atoms with E-state index in [-0.39, 0.29) is 5.91 Å². The molecule has 1 aromatic heterocycles. The summed E-state index contributed by atoms with van der Waals surface area (Å²) in [5.74, 6) is 1.15. The molecule has 0 spiro atoms. The Labute approximate surface area is 118 Å². The molecule has 5 heteroatoms. The highest BCUT2D eigenvalue weighted by Crippen LogP contribution is 2.17. The molecule has 2 heterocycles. The second-order valence-corrected chi connectivity index (χ2v) is 5.30. The van der Waals surface area contributed by atoms with Crippen molar-refractivity contribution in [1.29, 1.82) is 0 Å². The minimum absolute atomic E-state index is 0.186. The number of aromatic nitrogens is 3. The molecule has 1 N–H and O–H groups in total. The molecular weight excluding hydrogens is 252 g/mol. The first-order chi connectivity index (χ1) is 9.65. The van der Waals surface area contributed by atoms with E-state index in [1.54, 1.807) is 0 Å². The van der Waals surface area contributed by atoms with Crippen molar-refractivity contribution in [2.45, 2.75) is 39.7 Å². The second kappa shape index (κ2) is 5.07. The highest BCUT2D eigenvalue weighted by Gasteiger charge is 2.20. The summed E-state index contributed by atoms with van der Waals surface area (Å²) in [5, 5.41) is 11.0. The Hall–Kier alpha value is -2.17. The molecule has 0 saturated heterocycles. The van der Waals surface area contributed by atoms with Gasteiger partial charge in [-0.2, -0.15) is 0 Å². The monoisotopic (exact) mass is 270 g/mol. The van der Waals surface area contributed by atoms with Crippen molar-refractivity contribution in [1.82, 2.24) is 14.8 Å². The minimum atomic E-state index is -0.186. The van der Waals surface area contributed by atoms with Crippen LogP contribution in [0, 0.1) is 13.8 Å². The van der Waals surface area contributed by atoms with Crippen LogP contribution in [0.25, 0.3) is 0 Å². The number of anilines is 1. The summed E-state index contributed by atoms with van der Waals surface area (Å²) in [4.78, 5) is 12.3. The van der Waals surface area contributed by atoms with Crippen molar-refractivity contribution < 1.29 is 4.79 Å². The Balaban J connectivity index is 1.82. The maximum atomic E-state index is 12.3. The van der Waals surface area contributed by atoms with Crippen LogP contribution in [0.4, 0.5) is 5.69 Å². The third kappa shape index (κ3) is 2.31. The molecule has 2 aromatic rings. The van der Waals surface area contributed by atoms with E-state index >= 15 is 0 Å². The first-order valence-electron chi connectivity index (χ1n) is 6.96. The van der Waals surface area contributed by atoms with Crippen LogP contribution >= 0.6 is 0 Å². The summed E-state index contributed by atoms with van der Waals surface area (Å²) in [6.45, 7) is 4.91. The number of nitrogens with zero attached hydrogens (tertiary/aromatic N) is 3. The van der Waals surface area contributed by atoms with Gasteiger partial charge in [0.25, 0.3) is 5.91 Å². The number of fused-ring (bicyclic) bond motifs is 1. The second-order valence-electron chi connectivity index (χ2n) is 5.30. The molecule has 0 atom stereocenters. The van der Waals surface area contributed by atoms with E-state index in [1.165, 1.54) is 5.56 Å². The fourth-order valence-electron chi connectivity index (χ4n) is 2.48. The van der Waals surface area contributed by atoms with E-state index in [0.717, 1.165) is 42.9 Å². The predicted octanol–water partition coefficient (Wildman–Crippen LogP) is 2.48. The maximum absolute atomic E-state index is 12.3. The quantitative estimate of drug-likeness (QED) is 0.912. The number of hydrogen-bond acceptors (Lipinski definition) is 3. The molecule has 104 valence electrons. The van der Waals surface area contributed by atoms with Gasteiger partial charge in [0.2, 0.25) is 5.82 Å². The van der Waals surface area contributed by atoms with Gasteiger partial charge in [-0.3, -0.25) is 4.79 Å². The average molecular weight is 270 g/mol. The largest absolute Gasteiger partial charge is 0.319 e. The first-order valence-corrected chi connectivity index (χ1v) is 6.96. The van der Waals surface area contributed by atoms with Gasteiger partial charge in [-0.1, -0.05) is 6.07 Å². The third-order valence-corrected chi connectivity index (χ3v) is 3.83. The zero-order valence-corrected chi connectivity index (χ0v) is 11.8. The third-order valence-electron chi connectivity index (χ3n) is 3.83. The van der Waals surface area contributed by atoms with Crippen LogP contribution in [-0.2, 0) is 13.0 Å². The molecule has 20 heavy (non-hydrogen) atoms. The lowest BCUT2D eigenvalue weighted by molar-refractivity contribution is 0.101. The molecule has 0 aliphatic carbocycles. The van der Waals surface area contributed by atoms with Crippen LogP contribution in [0.1, 0.15) is 40.4 Å². The van der Waals surface area contributed by atoms with E-state index in [9.17, 15) is 4.79 Å². The molecule has 1 aliphatic heterocycles. The molecule has 3 rings (SSSR count). The van der Waals surface area contributed by atoms with Gasteiger partial charge in [0, 0.05) is 18.7 Å². The summed E-state index contributed by atoms with van der Waals surface area (Å²) in [7, 11) is 0. The number of hydrogen-bond donors (Lipinski definition) is 1. The zero-order valence-electron chi connectivity index (χ0n) is 11.8. The van der Waals surface area contributed by atoms with Gasteiger partial charge in [-0.15, -0.1) is 10.2 Å². The summed E-state index contributed by atoms with van der Waals surface area (Å²) in [6.07, 6.45) is 3.11. The number of benzene rings is 1. The van der Waals surface area contributed by atoms with Crippen molar-refractivity contribution in [3.8, 4) is 0 Å². The molecule has 0 bridgehead atoms. The van der Waals surface area contributed by atoms with Crippen LogP contribution in [0.5, 0.6) is 0 Å². The summed E-state index contributed by atoms with van der Waals surface area (Å²) in [5.41, 5.74) is 3.17. The van der Waals surface area contributed by atoms with Crippen molar-refractivity contribution in [2.24, 2.45) is 0 Å². The molecule has 1 aromatic carbocycles. The van der Waals surface area contributed by atoms with Gasteiger partial charge < -0.3 is 9.88 Å². The molecule has 1 amide bonds. The Kier molecular flexibility index (Phi) is 3.26. The van der Waals surface area contributed by atoms with Crippen molar-refractivity contribution in [2.75, 3.05) is 5.32 Å². The van der Waals surface area contributed by atoms with E-state index in [0.29, 0.717) is 5.82 Å². The van der Waals surface area contributed by atoms with Crippen LogP contribution in [0.3, 0.4) is 0 Å². The van der Waals surface area contributed by atoms with Crippen LogP contribution < -0.4 is 5.32 Å². The number of nitrogens with one attached hydrogen (secondary N) is 1. The topological polar surface area (TPSA) is 59.8 Å². The van der Waals surface area contributed by atoms with Crippen molar-refractivity contribution >= 4 is 11.6 Å². The smallest absolute Gasteiger partial charge is 0.293 e. The molecule has 1 aliphatic rings. The van der Waals surface area contributed by atoms with Gasteiger partial charge in [0.1, 0.15) is 5.82 Å². The van der Waals surface area contributed by atoms with E-state index in [2.05, 4.69) is 22.4 Å². The zero-order chi connectivity index (χ0) is 14.1. The van der Waals surface area contributed by atoms with Gasteiger partial charge in [0.15, 0.2) is 0 Å². The van der Waals surface area contributed by atoms with Crippen LogP contribution in [0.2, 0.25) is 0 Å². The van der Waals surface area contributed by atoms with Crippen molar-refractivity contribution in [3.05, 3.63) is 41.0 Å². The fourth-order valence-corrected chi connectivity index (χ4v) is 2.48. The Morgan fingerprint density at radius 1 is 1.20 bits per heavy atom. The fraction of sp³-hybridized carbons (Fsp3) is 0.400. The SMILES string of the molecule is Cc1ccc(NC(=O)c2nnc3n2CCCC3)cc1C. The molecule has 0 saturated carbocycles. The molecular formula is C15H18N4O. The van der Waals surface area contributed by atoms with Gasteiger partial charge in [-0.05, 0) is 49.9 Å². The Morgan fingerprint density at radius 3 is 2.85 bits per heavy atom. The number of rotatable bonds is 2. The first kappa shape index (κ1) is 12.8. The van der Waals surface area contributed by atoms with E-state index < -0.39 is 0 Å². The standard InChI is InChI=1S/C15H18N4O/c1-10-6-7-12(9-11(10)2)16-15(20)14-18-17-13-5-3-4-8-19(13)14/h6-7,9H,3-5,8H2,1-2H3,(H,16,20). The Morgan fingerprint density at radius 2 is 2.05 bits per heavy atom. The highest BCUT2D eigenvalue weighted by molar-refractivity contribution is 6.01. The number of carbonyl (C=O) groups excluding carboxylic acids is 1. The average Bonchev–Trinajstić information content (AvgIpc) is 2.87. The van der Waals surface area contributed by atoms with E-state index in [1.807, 2.05) is 29.7 Å². The maximum Gasteiger partial charge on any atom is 0.293 e. The molecule has 5 nitrogen and oxygen atoms in total. The normalized spacial score (nSPS) is 13.9. The molecule has 0 unspecified atom stereocenters. The number of carbonyl (C=O) groups is 1. The van der Waals surface area contributed by atoms with Crippen LogP contribution in [0.15, 0.2) is 18.2 Å². The lowest BCUT2D eigenvalue weighted by atomic mass is 10.1. The lowest BCUT2D eigenvalue weighted by Crippen LogP contribution is -2.21. The minimum Gasteiger partial charge on any atom is -0.319 e. The van der Waals surface area contributed by atoms with Gasteiger partial charge in [0.05, 0.1) is 0 Å². The van der Waals surface area contributed by atoms with E-state index in [4.69, 9.17) is 0 Å². The van der Waals surface area contributed by atoms with Gasteiger partial charge in [-0.25, -0.2) is 0 Å². The molecule has 0 radical (unpaired) electrons. The lowest BCUT2D eigenvalue weighted by Gasteiger charge is -2.14. The van der Waals surface area contributed by atoms with Crippen LogP contribution in [-0.4, -0.2) is 20.7 Å². The number of aryl methyl sites for hydroxylation is 3.